The summed E-state index contributed by atoms with van der Waals surface area (Å²) in [6.45, 7) is 4.17. The number of rotatable bonds is 3. The zero-order chi connectivity index (χ0) is 16.4. The normalized spacial score (nSPS) is 35.5. The highest BCUT2D eigenvalue weighted by molar-refractivity contribution is 5.88. The molecule has 3 N–H and O–H groups in total. The van der Waals surface area contributed by atoms with E-state index in [9.17, 15) is 9.59 Å². The number of ether oxygens (including phenoxy) is 1. The Balaban J connectivity index is 1.53. The van der Waals surface area contributed by atoms with Gasteiger partial charge in [0, 0.05) is 25.0 Å². The van der Waals surface area contributed by atoms with Gasteiger partial charge >= 0.3 is 0 Å². The third-order valence-corrected chi connectivity index (χ3v) is 5.84. The molecule has 3 rings (SSSR count). The summed E-state index contributed by atoms with van der Waals surface area (Å²) in [5, 5.41) is 2.94. The average Bonchev–Trinajstić information content (AvgIpc) is 2.54. The van der Waals surface area contributed by atoms with E-state index in [1.807, 2.05) is 0 Å². The monoisotopic (exact) mass is 323 g/mol. The average molecular weight is 323 g/mol. The van der Waals surface area contributed by atoms with E-state index in [1.54, 1.807) is 11.8 Å². The molecule has 6 heteroatoms. The van der Waals surface area contributed by atoms with Gasteiger partial charge < -0.3 is 20.7 Å². The summed E-state index contributed by atoms with van der Waals surface area (Å²) in [5.74, 6) is 0.995. The quantitative estimate of drug-likeness (QED) is 0.792. The van der Waals surface area contributed by atoms with E-state index >= 15 is 0 Å². The number of nitrogens with zero attached hydrogens (tertiary/aromatic N) is 1. The number of morpholine rings is 1. The lowest BCUT2D eigenvalue weighted by Crippen LogP contribution is -2.53. The van der Waals surface area contributed by atoms with Gasteiger partial charge in [0.25, 0.3) is 0 Å². The summed E-state index contributed by atoms with van der Waals surface area (Å²) in [5.41, 5.74) is 6.29. The van der Waals surface area contributed by atoms with Crippen molar-refractivity contribution in [1.29, 1.82) is 0 Å². The molecule has 3 fully saturated rings. The van der Waals surface area contributed by atoms with Crippen LogP contribution in [0.15, 0.2) is 0 Å². The second-order valence-electron chi connectivity index (χ2n) is 7.36. The lowest BCUT2D eigenvalue weighted by atomic mass is 9.65. The van der Waals surface area contributed by atoms with Crippen molar-refractivity contribution in [1.82, 2.24) is 10.2 Å². The van der Waals surface area contributed by atoms with Crippen LogP contribution in [0.5, 0.6) is 0 Å². The molecule has 0 spiro atoms. The predicted molar refractivity (Wildman–Crippen MR) is 86.5 cm³/mol. The van der Waals surface area contributed by atoms with Crippen molar-refractivity contribution in [2.24, 2.45) is 23.5 Å². The van der Waals surface area contributed by atoms with Crippen molar-refractivity contribution in [3.63, 3.8) is 0 Å². The topological polar surface area (TPSA) is 84.7 Å². The van der Waals surface area contributed by atoms with Crippen molar-refractivity contribution in [3.05, 3.63) is 0 Å². The number of hydrogen-bond donors (Lipinski definition) is 2. The van der Waals surface area contributed by atoms with E-state index in [0.29, 0.717) is 38.1 Å². The van der Waals surface area contributed by atoms with Gasteiger partial charge in [-0.3, -0.25) is 9.59 Å². The van der Waals surface area contributed by atoms with Gasteiger partial charge in [-0.2, -0.15) is 0 Å². The highest BCUT2D eigenvalue weighted by atomic mass is 16.5. The van der Waals surface area contributed by atoms with Crippen molar-refractivity contribution >= 4 is 11.8 Å². The molecule has 0 aromatic heterocycles. The largest absolute Gasteiger partial charge is 0.378 e. The van der Waals surface area contributed by atoms with Crippen LogP contribution >= 0.6 is 0 Å². The molecule has 2 bridgehead atoms. The Morgan fingerprint density at radius 1 is 1.17 bits per heavy atom. The van der Waals surface area contributed by atoms with Gasteiger partial charge in [0.2, 0.25) is 11.8 Å². The molecular weight excluding hydrogens is 294 g/mol. The van der Waals surface area contributed by atoms with Gasteiger partial charge in [-0.15, -0.1) is 0 Å². The molecule has 23 heavy (non-hydrogen) atoms. The summed E-state index contributed by atoms with van der Waals surface area (Å²) < 4.78 is 5.27. The van der Waals surface area contributed by atoms with Crippen LogP contribution in [-0.4, -0.2) is 55.1 Å². The third-order valence-electron chi connectivity index (χ3n) is 5.84. The lowest BCUT2D eigenvalue weighted by molar-refractivity contribution is -0.140. The summed E-state index contributed by atoms with van der Waals surface area (Å²) in [7, 11) is 0. The second kappa shape index (κ2) is 7.18. The highest BCUT2D eigenvalue weighted by Gasteiger charge is 2.41. The number of hydrogen-bond acceptors (Lipinski definition) is 4. The highest BCUT2D eigenvalue weighted by Crippen LogP contribution is 2.41. The molecule has 0 aromatic carbocycles. The number of fused-ring (bicyclic) bond motifs is 2. The van der Waals surface area contributed by atoms with Gasteiger partial charge in [0.1, 0.15) is 6.04 Å². The van der Waals surface area contributed by atoms with Gasteiger partial charge in [-0.1, -0.05) is 6.42 Å². The molecule has 130 valence electrons. The maximum Gasteiger partial charge on any atom is 0.245 e. The van der Waals surface area contributed by atoms with E-state index in [0.717, 1.165) is 25.7 Å². The predicted octanol–water partition coefficient (Wildman–Crippen LogP) is 0.504. The molecule has 2 aliphatic carbocycles. The molecule has 0 radical (unpaired) electrons. The molecule has 3 atom stereocenters. The fourth-order valence-electron chi connectivity index (χ4n) is 4.45. The van der Waals surface area contributed by atoms with Gasteiger partial charge in [0.05, 0.1) is 13.2 Å². The van der Waals surface area contributed by atoms with Gasteiger partial charge in [0.15, 0.2) is 0 Å². The molecule has 6 nitrogen and oxygen atoms in total. The number of nitrogens with two attached hydrogens (primary N) is 1. The molecule has 0 aromatic rings. The Labute approximate surface area is 138 Å². The third kappa shape index (κ3) is 3.69. The smallest absolute Gasteiger partial charge is 0.245 e. The minimum Gasteiger partial charge on any atom is -0.378 e. The fourth-order valence-corrected chi connectivity index (χ4v) is 4.45. The summed E-state index contributed by atoms with van der Waals surface area (Å²) in [6.07, 6.45) is 5.28. The Bertz CT molecular complexity index is 436. The standard InChI is InChI=1S/C17H29N3O3/c1-11(17(22)20-5-7-23-8-6-20)19-16(21)14-9-12-3-2-4-13(10-14)15(12)18/h11-15H,2-10,18H2,1H3,(H,19,21). The number of amides is 2. The zero-order valence-corrected chi connectivity index (χ0v) is 14.0. The molecule has 1 saturated heterocycles. The molecule has 3 unspecified atom stereocenters. The molecule has 1 heterocycles. The minimum atomic E-state index is -0.462. The first-order chi connectivity index (χ1) is 11.1. The SMILES string of the molecule is CC(NC(=O)C1CC2CCCC(C1)C2N)C(=O)N1CCOCC1. The molecule has 1 aliphatic heterocycles. The molecular formula is C17H29N3O3. The Kier molecular flexibility index (Phi) is 5.21. The van der Waals surface area contributed by atoms with Gasteiger partial charge in [-0.25, -0.2) is 0 Å². The van der Waals surface area contributed by atoms with E-state index in [1.165, 1.54) is 6.42 Å². The van der Waals surface area contributed by atoms with Crippen LogP contribution in [0.2, 0.25) is 0 Å². The number of nitrogens with one attached hydrogen (secondary N) is 1. The van der Waals surface area contributed by atoms with Crippen molar-refractivity contribution < 1.29 is 14.3 Å². The first kappa shape index (κ1) is 16.7. The Morgan fingerprint density at radius 2 is 1.78 bits per heavy atom. The zero-order valence-electron chi connectivity index (χ0n) is 14.0. The molecule has 3 aliphatic rings. The van der Waals surface area contributed by atoms with Crippen LogP contribution in [-0.2, 0) is 14.3 Å². The maximum absolute atomic E-state index is 12.6. The maximum atomic E-state index is 12.6. The number of carbonyl (C=O) groups excluding carboxylic acids is 2. The van der Waals surface area contributed by atoms with Crippen LogP contribution in [0, 0.1) is 17.8 Å². The summed E-state index contributed by atoms with van der Waals surface area (Å²) in [4.78, 5) is 26.8. The van der Waals surface area contributed by atoms with Crippen LogP contribution in [0.25, 0.3) is 0 Å². The van der Waals surface area contributed by atoms with Crippen molar-refractivity contribution in [2.45, 2.75) is 51.1 Å². The Morgan fingerprint density at radius 3 is 2.39 bits per heavy atom. The van der Waals surface area contributed by atoms with E-state index in [-0.39, 0.29) is 23.8 Å². The Hall–Kier alpha value is -1.14. The fraction of sp³-hybridized carbons (Fsp3) is 0.882. The first-order valence-electron chi connectivity index (χ1n) is 8.98. The second-order valence-corrected chi connectivity index (χ2v) is 7.36. The summed E-state index contributed by atoms with van der Waals surface area (Å²) >= 11 is 0. The summed E-state index contributed by atoms with van der Waals surface area (Å²) in [6, 6.07) is -0.198. The van der Waals surface area contributed by atoms with E-state index < -0.39 is 6.04 Å². The number of carbonyl (C=O) groups is 2. The van der Waals surface area contributed by atoms with Crippen LogP contribution in [0.4, 0.5) is 0 Å². The molecule has 2 saturated carbocycles. The van der Waals surface area contributed by atoms with Crippen molar-refractivity contribution in [3.8, 4) is 0 Å². The van der Waals surface area contributed by atoms with E-state index in [2.05, 4.69) is 5.32 Å². The van der Waals surface area contributed by atoms with Crippen LogP contribution in [0.1, 0.15) is 39.0 Å². The van der Waals surface area contributed by atoms with Crippen molar-refractivity contribution in [2.75, 3.05) is 26.3 Å². The van der Waals surface area contributed by atoms with Crippen LogP contribution in [0.3, 0.4) is 0 Å². The van der Waals surface area contributed by atoms with Crippen LogP contribution < -0.4 is 11.1 Å². The van der Waals surface area contributed by atoms with Gasteiger partial charge in [-0.05, 0) is 44.4 Å². The lowest BCUT2D eigenvalue weighted by Gasteiger charge is -2.43. The first-order valence-corrected chi connectivity index (χ1v) is 8.98. The minimum absolute atomic E-state index is 0.00523. The molecule has 2 amide bonds. The van der Waals surface area contributed by atoms with E-state index in [4.69, 9.17) is 10.5 Å².